The SMILES string of the molecule is CN(c1ccc(C(=O)NC(CC(=O)NS(=O)(=O)c2ccccc2)c2ccccc2)cc1NCC1CCCCC1)C1CC1. The third-order valence-corrected chi connectivity index (χ3v) is 9.63. The third-order valence-electron chi connectivity index (χ3n) is 8.24. The molecule has 2 amide bonds. The first kappa shape index (κ1) is 29.6. The van der Waals surface area contributed by atoms with Gasteiger partial charge >= 0.3 is 0 Å². The fourth-order valence-corrected chi connectivity index (χ4v) is 6.66. The van der Waals surface area contributed by atoms with Gasteiger partial charge in [-0.3, -0.25) is 9.59 Å². The molecule has 222 valence electrons. The van der Waals surface area contributed by atoms with Crippen LogP contribution in [0.25, 0.3) is 0 Å². The molecule has 8 nitrogen and oxygen atoms in total. The number of nitrogens with zero attached hydrogens (tertiary/aromatic N) is 1. The summed E-state index contributed by atoms with van der Waals surface area (Å²) in [6.07, 6.45) is 8.39. The first-order valence-corrected chi connectivity index (χ1v) is 16.4. The summed E-state index contributed by atoms with van der Waals surface area (Å²) in [6, 6.07) is 22.4. The van der Waals surface area contributed by atoms with Crippen LogP contribution in [0.1, 0.15) is 73.3 Å². The van der Waals surface area contributed by atoms with Gasteiger partial charge in [-0.05, 0) is 67.5 Å². The molecule has 0 spiro atoms. The Kier molecular flexibility index (Phi) is 9.47. The second-order valence-corrected chi connectivity index (χ2v) is 13.1. The summed E-state index contributed by atoms with van der Waals surface area (Å²) in [4.78, 5) is 28.8. The van der Waals surface area contributed by atoms with Gasteiger partial charge in [0.2, 0.25) is 5.91 Å². The largest absolute Gasteiger partial charge is 0.383 e. The Labute approximate surface area is 249 Å². The van der Waals surface area contributed by atoms with Crippen LogP contribution < -0.4 is 20.3 Å². The fraction of sp³-hybridized carbons (Fsp3) is 0.394. The molecule has 1 atom stereocenters. The number of carbonyl (C=O) groups is 2. The average molecular weight is 589 g/mol. The van der Waals surface area contributed by atoms with Crippen LogP contribution in [-0.2, 0) is 14.8 Å². The lowest BCUT2D eigenvalue weighted by atomic mass is 9.89. The van der Waals surface area contributed by atoms with Crippen LogP contribution >= 0.6 is 0 Å². The molecule has 3 N–H and O–H groups in total. The zero-order chi connectivity index (χ0) is 29.5. The summed E-state index contributed by atoms with van der Waals surface area (Å²) in [7, 11) is -1.93. The van der Waals surface area contributed by atoms with Crippen LogP contribution in [0.5, 0.6) is 0 Å². The molecule has 0 heterocycles. The van der Waals surface area contributed by atoms with Crippen molar-refractivity contribution >= 4 is 33.2 Å². The lowest BCUT2D eigenvalue weighted by molar-refractivity contribution is -0.119. The second kappa shape index (κ2) is 13.4. The Morgan fingerprint density at radius 2 is 1.55 bits per heavy atom. The van der Waals surface area contributed by atoms with Gasteiger partial charge in [-0.15, -0.1) is 0 Å². The zero-order valence-corrected chi connectivity index (χ0v) is 24.9. The van der Waals surface area contributed by atoms with Crippen LogP contribution in [0.4, 0.5) is 11.4 Å². The summed E-state index contributed by atoms with van der Waals surface area (Å²) in [5, 5.41) is 6.63. The number of hydrogen-bond acceptors (Lipinski definition) is 6. The summed E-state index contributed by atoms with van der Waals surface area (Å²) >= 11 is 0. The molecular formula is C33H40N4O4S. The van der Waals surface area contributed by atoms with E-state index in [1.165, 1.54) is 57.1 Å². The molecule has 9 heteroatoms. The Morgan fingerprint density at radius 1 is 0.881 bits per heavy atom. The zero-order valence-electron chi connectivity index (χ0n) is 24.1. The van der Waals surface area contributed by atoms with E-state index in [-0.39, 0.29) is 17.2 Å². The van der Waals surface area contributed by atoms with Crippen LogP contribution in [0.15, 0.2) is 83.8 Å². The molecule has 3 aromatic rings. The Balaban J connectivity index is 1.33. The first-order valence-electron chi connectivity index (χ1n) is 14.9. The smallest absolute Gasteiger partial charge is 0.264 e. The van der Waals surface area contributed by atoms with Gasteiger partial charge in [-0.25, -0.2) is 13.1 Å². The van der Waals surface area contributed by atoms with Gasteiger partial charge in [0.1, 0.15) is 0 Å². The number of nitrogens with one attached hydrogen (secondary N) is 3. The third kappa shape index (κ3) is 7.70. The van der Waals surface area contributed by atoms with Crippen molar-refractivity contribution in [1.29, 1.82) is 0 Å². The van der Waals surface area contributed by atoms with E-state index in [1.54, 1.807) is 18.2 Å². The minimum Gasteiger partial charge on any atom is -0.383 e. The number of benzene rings is 3. The number of anilines is 2. The molecule has 2 saturated carbocycles. The highest BCUT2D eigenvalue weighted by atomic mass is 32.2. The van der Waals surface area contributed by atoms with Crippen molar-refractivity contribution in [2.45, 2.75) is 68.3 Å². The maximum Gasteiger partial charge on any atom is 0.264 e. The molecule has 0 radical (unpaired) electrons. The van der Waals surface area contributed by atoms with Crippen molar-refractivity contribution in [3.63, 3.8) is 0 Å². The van der Waals surface area contributed by atoms with E-state index in [0.29, 0.717) is 23.1 Å². The quantitative estimate of drug-likeness (QED) is 0.253. The molecule has 2 aliphatic carbocycles. The van der Waals surface area contributed by atoms with E-state index < -0.39 is 22.0 Å². The number of hydrogen-bond donors (Lipinski definition) is 3. The first-order chi connectivity index (χ1) is 20.3. The normalized spacial score (nSPS) is 16.3. The van der Waals surface area contributed by atoms with Gasteiger partial charge in [0.05, 0.1) is 28.7 Å². The standard InChI is InChI=1S/C33H40N4O4S/c1-37(27-18-19-27)31-20-17-26(21-30(31)34-23-24-11-5-2-6-12-24)33(39)35-29(25-13-7-3-8-14-25)22-32(38)36-42(40,41)28-15-9-4-10-16-28/h3-4,7-10,13-17,20-21,24,27,29,34H,2,5-6,11-12,18-19,22-23H2,1H3,(H,35,39)(H,36,38). The van der Waals surface area contributed by atoms with E-state index in [2.05, 4.69) is 27.3 Å². The number of amides is 2. The van der Waals surface area contributed by atoms with Crippen molar-refractivity contribution < 1.29 is 18.0 Å². The Morgan fingerprint density at radius 3 is 2.21 bits per heavy atom. The molecule has 42 heavy (non-hydrogen) atoms. The minimum atomic E-state index is -4.03. The highest BCUT2D eigenvalue weighted by Gasteiger charge is 2.29. The summed E-state index contributed by atoms with van der Waals surface area (Å²) < 4.78 is 27.6. The van der Waals surface area contributed by atoms with Gasteiger partial charge < -0.3 is 15.5 Å². The molecule has 0 bridgehead atoms. The highest BCUT2D eigenvalue weighted by molar-refractivity contribution is 7.90. The Hall–Kier alpha value is -3.85. The Bertz CT molecular complexity index is 1470. The van der Waals surface area contributed by atoms with Crippen molar-refractivity contribution in [3.05, 3.63) is 90.0 Å². The van der Waals surface area contributed by atoms with E-state index in [1.807, 2.05) is 48.5 Å². The van der Waals surface area contributed by atoms with E-state index in [4.69, 9.17) is 0 Å². The molecule has 0 aliphatic heterocycles. The van der Waals surface area contributed by atoms with Crippen molar-refractivity contribution in [3.8, 4) is 0 Å². The van der Waals surface area contributed by atoms with Crippen LogP contribution in [-0.4, -0.2) is 39.9 Å². The molecule has 3 aromatic carbocycles. The van der Waals surface area contributed by atoms with Crippen molar-refractivity contribution in [2.75, 3.05) is 23.8 Å². The van der Waals surface area contributed by atoms with Gasteiger partial charge in [-0.2, -0.15) is 0 Å². The van der Waals surface area contributed by atoms with Crippen molar-refractivity contribution in [2.24, 2.45) is 5.92 Å². The van der Waals surface area contributed by atoms with Gasteiger partial charge in [0, 0.05) is 25.2 Å². The topological polar surface area (TPSA) is 108 Å². The van der Waals surface area contributed by atoms with Gasteiger partial charge in [-0.1, -0.05) is 67.8 Å². The van der Waals surface area contributed by atoms with E-state index in [0.717, 1.165) is 17.9 Å². The summed E-state index contributed by atoms with van der Waals surface area (Å²) in [5.74, 6) is -0.406. The molecule has 1 unspecified atom stereocenters. The summed E-state index contributed by atoms with van der Waals surface area (Å²) in [6.45, 7) is 0.874. The second-order valence-electron chi connectivity index (χ2n) is 11.4. The molecule has 5 rings (SSSR count). The number of carbonyl (C=O) groups excluding carboxylic acids is 2. The van der Waals surface area contributed by atoms with Gasteiger partial charge in [0.25, 0.3) is 15.9 Å². The maximum atomic E-state index is 13.6. The van der Waals surface area contributed by atoms with Gasteiger partial charge in [0.15, 0.2) is 0 Å². The molecule has 0 aromatic heterocycles. The van der Waals surface area contributed by atoms with E-state index in [9.17, 15) is 18.0 Å². The molecule has 2 aliphatic rings. The van der Waals surface area contributed by atoms with E-state index >= 15 is 0 Å². The minimum absolute atomic E-state index is 0.00292. The fourth-order valence-electron chi connectivity index (χ4n) is 5.65. The maximum absolute atomic E-state index is 13.6. The monoisotopic (exact) mass is 588 g/mol. The van der Waals surface area contributed by atoms with Crippen LogP contribution in [0.2, 0.25) is 0 Å². The molecule has 0 saturated heterocycles. The lowest BCUT2D eigenvalue weighted by Crippen LogP contribution is -2.36. The van der Waals surface area contributed by atoms with Crippen molar-refractivity contribution in [1.82, 2.24) is 10.0 Å². The number of sulfonamides is 1. The lowest BCUT2D eigenvalue weighted by Gasteiger charge is -2.27. The predicted molar refractivity (Wildman–Crippen MR) is 166 cm³/mol. The molecular weight excluding hydrogens is 548 g/mol. The number of rotatable bonds is 12. The summed E-state index contributed by atoms with van der Waals surface area (Å²) in [5.41, 5.74) is 3.20. The predicted octanol–water partition coefficient (Wildman–Crippen LogP) is 5.64. The van der Waals surface area contributed by atoms with Crippen LogP contribution in [0, 0.1) is 5.92 Å². The molecule has 2 fully saturated rings. The highest BCUT2D eigenvalue weighted by Crippen LogP contribution is 2.36. The van der Waals surface area contributed by atoms with Crippen LogP contribution in [0.3, 0.4) is 0 Å². The average Bonchev–Trinajstić information content (AvgIpc) is 3.86.